The minimum Gasteiger partial charge on any atom is -0.365 e. The van der Waals surface area contributed by atoms with Crippen LogP contribution in [0.1, 0.15) is 46.5 Å². The summed E-state index contributed by atoms with van der Waals surface area (Å²) in [6, 6.07) is 0. The predicted molar refractivity (Wildman–Crippen MR) is 83.6 cm³/mol. The first kappa shape index (κ1) is 15.4. The highest BCUT2D eigenvalue weighted by atomic mass is 35.5. The average molecular weight is 298 g/mol. The Morgan fingerprint density at radius 1 is 1.35 bits per heavy atom. The van der Waals surface area contributed by atoms with E-state index in [0.717, 1.165) is 32.2 Å². The van der Waals surface area contributed by atoms with Crippen LogP contribution in [-0.4, -0.2) is 21.5 Å². The van der Waals surface area contributed by atoms with Crippen LogP contribution < -0.4 is 10.9 Å². The highest BCUT2D eigenvalue weighted by molar-refractivity contribution is 6.20. The summed E-state index contributed by atoms with van der Waals surface area (Å²) >= 11 is 6.11. The second-order valence-electron chi connectivity index (χ2n) is 6.62. The molecule has 2 rings (SSSR count). The Kier molecular flexibility index (Phi) is 4.74. The lowest BCUT2D eigenvalue weighted by atomic mass is 9.89. The van der Waals surface area contributed by atoms with Crippen molar-refractivity contribution in [3.8, 4) is 0 Å². The molecule has 5 heteroatoms. The lowest BCUT2D eigenvalue weighted by molar-refractivity contribution is 0.374. The minimum absolute atomic E-state index is 0.0500. The first-order valence-corrected chi connectivity index (χ1v) is 7.77. The molecule has 0 bridgehead atoms. The molecule has 0 aromatic carbocycles. The van der Waals surface area contributed by atoms with Crippen LogP contribution >= 0.6 is 11.6 Å². The fourth-order valence-electron chi connectivity index (χ4n) is 2.63. The lowest BCUT2D eigenvalue weighted by Gasteiger charge is -2.26. The SMILES string of the molecule is CC(C)(C)n1ccnc(NCC2CCC(Cl)CC2)c1=O. The molecular weight excluding hydrogens is 274 g/mol. The molecule has 4 nitrogen and oxygen atoms in total. The van der Waals surface area contributed by atoms with Crippen molar-refractivity contribution in [3.63, 3.8) is 0 Å². The van der Waals surface area contributed by atoms with Crippen molar-refractivity contribution in [1.82, 2.24) is 9.55 Å². The number of halogens is 1. The highest BCUT2D eigenvalue weighted by Crippen LogP contribution is 2.27. The third-order valence-corrected chi connectivity index (χ3v) is 4.33. The van der Waals surface area contributed by atoms with Gasteiger partial charge in [-0.3, -0.25) is 4.79 Å². The second kappa shape index (κ2) is 6.17. The summed E-state index contributed by atoms with van der Waals surface area (Å²) in [6.07, 6.45) is 7.82. The maximum atomic E-state index is 12.4. The Labute approximate surface area is 125 Å². The summed E-state index contributed by atoms with van der Waals surface area (Å²) in [6.45, 7) is 6.85. The number of hydrogen-bond acceptors (Lipinski definition) is 3. The van der Waals surface area contributed by atoms with Gasteiger partial charge in [-0.2, -0.15) is 0 Å². The number of alkyl halides is 1. The molecule has 1 saturated carbocycles. The first-order valence-electron chi connectivity index (χ1n) is 7.34. The van der Waals surface area contributed by atoms with Crippen LogP contribution in [0.25, 0.3) is 0 Å². The summed E-state index contributed by atoms with van der Waals surface area (Å²) in [5, 5.41) is 3.56. The van der Waals surface area contributed by atoms with Gasteiger partial charge in [-0.1, -0.05) is 0 Å². The van der Waals surface area contributed by atoms with Crippen molar-refractivity contribution in [3.05, 3.63) is 22.7 Å². The van der Waals surface area contributed by atoms with E-state index in [1.54, 1.807) is 17.0 Å². The molecule has 0 saturated heterocycles. The molecule has 20 heavy (non-hydrogen) atoms. The van der Waals surface area contributed by atoms with Crippen LogP contribution in [0, 0.1) is 5.92 Å². The molecule has 0 unspecified atom stereocenters. The normalized spacial score (nSPS) is 23.6. The zero-order chi connectivity index (χ0) is 14.8. The zero-order valence-electron chi connectivity index (χ0n) is 12.5. The fraction of sp³-hybridized carbons (Fsp3) is 0.733. The molecule has 1 N–H and O–H groups in total. The van der Waals surface area contributed by atoms with Crippen molar-refractivity contribution < 1.29 is 0 Å². The van der Waals surface area contributed by atoms with Crippen LogP contribution in [0.5, 0.6) is 0 Å². The van der Waals surface area contributed by atoms with E-state index in [1.807, 2.05) is 20.8 Å². The Balaban J connectivity index is 2.02. The highest BCUT2D eigenvalue weighted by Gasteiger charge is 2.20. The van der Waals surface area contributed by atoms with Gasteiger partial charge < -0.3 is 9.88 Å². The van der Waals surface area contributed by atoms with Gasteiger partial charge >= 0.3 is 0 Å². The summed E-state index contributed by atoms with van der Waals surface area (Å²) in [7, 11) is 0. The molecule has 0 amide bonds. The summed E-state index contributed by atoms with van der Waals surface area (Å²) in [5.74, 6) is 1.05. The summed E-state index contributed by atoms with van der Waals surface area (Å²) < 4.78 is 1.72. The molecule has 112 valence electrons. The van der Waals surface area contributed by atoms with Crippen LogP contribution in [0.2, 0.25) is 0 Å². The lowest BCUT2D eigenvalue weighted by Crippen LogP contribution is -2.35. The molecule has 0 aliphatic heterocycles. The van der Waals surface area contributed by atoms with Crippen molar-refractivity contribution in [2.75, 3.05) is 11.9 Å². The largest absolute Gasteiger partial charge is 0.365 e. The van der Waals surface area contributed by atoms with E-state index in [0.29, 0.717) is 17.1 Å². The van der Waals surface area contributed by atoms with Crippen molar-refractivity contribution in [2.24, 2.45) is 5.92 Å². The number of anilines is 1. The van der Waals surface area contributed by atoms with Crippen molar-refractivity contribution in [2.45, 2.75) is 57.4 Å². The Hall–Kier alpha value is -1.03. The van der Waals surface area contributed by atoms with Crippen LogP contribution in [0.4, 0.5) is 5.82 Å². The van der Waals surface area contributed by atoms with Gasteiger partial charge in [-0.25, -0.2) is 4.98 Å². The Morgan fingerprint density at radius 3 is 2.60 bits per heavy atom. The van der Waals surface area contributed by atoms with Gasteiger partial charge in [0, 0.05) is 29.9 Å². The van der Waals surface area contributed by atoms with Crippen LogP contribution in [-0.2, 0) is 5.54 Å². The quantitative estimate of drug-likeness (QED) is 0.872. The molecule has 0 atom stereocenters. The monoisotopic (exact) mass is 297 g/mol. The van der Waals surface area contributed by atoms with Crippen LogP contribution in [0.3, 0.4) is 0 Å². The Morgan fingerprint density at radius 2 is 2.00 bits per heavy atom. The maximum absolute atomic E-state index is 12.4. The van der Waals surface area contributed by atoms with E-state index in [4.69, 9.17) is 11.6 Å². The number of rotatable bonds is 3. The van der Waals surface area contributed by atoms with Gasteiger partial charge in [0.05, 0.1) is 0 Å². The molecule has 1 fully saturated rings. The van der Waals surface area contributed by atoms with Gasteiger partial charge in [0.1, 0.15) is 0 Å². The van der Waals surface area contributed by atoms with Crippen molar-refractivity contribution in [1.29, 1.82) is 0 Å². The number of nitrogens with zero attached hydrogens (tertiary/aromatic N) is 2. The van der Waals surface area contributed by atoms with E-state index in [1.165, 1.54) is 0 Å². The minimum atomic E-state index is -0.229. The molecule has 1 aliphatic carbocycles. The van der Waals surface area contributed by atoms with Gasteiger partial charge in [0.25, 0.3) is 5.56 Å². The molecular formula is C15H24ClN3O. The van der Waals surface area contributed by atoms with Gasteiger partial charge in [-0.05, 0) is 52.4 Å². The molecule has 1 heterocycles. The molecule has 1 aromatic heterocycles. The van der Waals surface area contributed by atoms with E-state index in [9.17, 15) is 4.79 Å². The standard InChI is InChI=1S/C15H24ClN3O/c1-15(2,3)19-9-8-17-13(14(19)20)18-10-11-4-6-12(16)7-5-11/h8-9,11-12H,4-7,10H2,1-3H3,(H,17,18). The first-order chi connectivity index (χ1) is 9.38. The smallest absolute Gasteiger partial charge is 0.293 e. The van der Waals surface area contributed by atoms with Crippen molar-refractivity contribution >= 4 is 17.4 Å². The second-order valence-corrected chi connectivity index (χ2v) is 7.24. The maximum Gasteiger partial charge on any atom is 0.293 e. The topological polar surface area (TPSA) is 46.9 Å². The van der Waals surface area contributed by atoms with Gasteiger partial charge in [-0.15, -0.1) is 11.6 Å². The molecule has 0 spiro atoms. The molecule has 0 radical (unpaired) electrons. The van der Waals surface area contributed by atoms with E-state index < -0.39 is 0 Å². The molecule has 1 aromatic rings. The van der Waals surface area contributed by atoms with E-state index >= 15 is 0 Å². The summed E-state index contributed by atoms with van der Waals surface area (Å²) in [5.41, 5.74) is -0.279. The molecule has 1 aliphatic rings. The van der Waals surface area contributed by atoms with E-state index in [-0.39, 0.29) is 11.1 Å². The number of aromatic nitrogens is 2. The average Bonchev–Trinajstić information content (AvgIpc) is 2.38. The predicted octanol–water partition coefficient (Wildman–Crippen LogP) is 3.21. The third-order valence-electron chi connectivity index (χ3n) is 3.90. The zero-order valence-corrected chi connectivity index (χ0v) is 13.3. The fourth-order valence-corrected chi connectivity index (χ4v) is 2.88. The Bertz CT molecular complexity index is 499. The van der Waals surface area contributed by atoms with Crippen LogP contribution in [0.15, 0.2) is 17.2 Å². The third kappa shape index (κ3) is 3.75. The number of nitrogens with one attached hydrogen (secondary N) is 1. The summed E-state index contributed by atoms with van der Waals surface area (Å²) in [4.78, 5) is 16.5. The van der Waals surface area contributed by atoms with E-state index in [2.05, 4.69) is 10.3 Å². The van der Waals surface area contributed by atoms with Gasteiger partial charge in [0.2, 0.25) is 0 Å². The van der Waals surface area contributed by atoms with Gasteiger partial charge in [0.15, 0.2) is 5.82 Å². The number of hydrogen-bond donors (Lipinski definition) is 1.